The summed E-state index contributed by atoms with van der Waals surface area (Å²) < 4.78 is 20.4. The predicted octanol–water partition coefficient (Wildman–Crippen LogP) is 5.61. The number of ketones is 1. The van der Waals surface area contributed by atoms with E-state index in [1.54, 1.807) is 19.1 Å². The van der Waals surface area contributed by atoms with Gasteiger partial charge in [0.25, 0.3) is 0 Å². The Hall–Kier alpha value is -2.46. The Kier molecular flexibility index (Phi) is 4.82. The van der Waals surface area contributed by atoms with Gasteiger partial charge in [-0.2, -0.15) is 0 Å². The molecule has 2 heterocycles. The summed E-state index contributed by atoms with van der Waals surface area (Å²) >= 11 is 0. The van der Waals surface area contributed by atoms with Gasteiger partial charge in [-0.05, 0) is 67.0 Å². The Balaban J connectivity index is 1.59. The third-order valence-corrected chi connectivity index (χ3v) is 7.56. The van der Waals surface area contributed by atoms with Crippen LogP contribution in [0.3, 0.4) is 0 Å². The van der Waals surface area contributed by atoms with E-state index in [0.717, 1.165) is 35.1 Å². The number of allylic oxidation sites excluding steroid dienone is 1. The van der Waals surface area contributed by atoms with Crippen LogP contribution in [0.1, 0.15) is 59.6 Å². The molecule has 31 heavy (non-hydrogen) atoms. The molecule has 0 unspecified atom stereocenters. The summed E-state index contributed by atoms with van der Waals surface area (Å²) in [6, 6.07) is 9.58. The topological polar surface area (TPSA) is 46.5 Å². The highest BCUT2D eigenvalue weighted by Crippen LogP contribution is 2.58. The molecule has 4 heteroatoms. The molecule has 0 radical (unpaired) electrons. The molecule has 1 N–H and O–H groups in total. The van der Waals surface area contributed by atoms with Crippen LogP contribution in [0, 0.1) is 31.5 Å². The third-order valence-electron chi connectivity index (χ3n) is 7.56. The molecule has 162 valence electrons. The zero-order chi connectivity index (χ0) is 22.0. The number of fused-ring (bicyclic) bond motifs is 5. The summed E-state index contributed by atoms with van der Waals surface area (Å²) in [4.78, 5) is 13.6. The van der Waals surface area contributed by atoms with Crippen LogP contribution in [0.25, 0.3) is 5.57 Å². The lowest BCUT2D eigenvalue weighted by Crippen LogP contribution is -2.33. The second kappa shape index (κ2) is 7.30. The molecule has 1 aliphatic carbocycles. The number of aryl methyl sites for hydroxylation is 4. The number of benzene rings is 2. The summed E-state index contributed by atoms with van der Waals surface area (Å²) in [5, 5.41) is 11.4. The molecule has 2 aliphatic heterocycles. The molecule has 3 nitrogen and oxygen atoms in total. The van der Waals surface area contributed by atoms with Crippen LogP contribution < -0.4 is 0 Å². The van der Waals surface area contributed by atoms with Crippen LogP contribution in [-0.2, 0) is 22.4 Å². The molecule has 2 fully saturated rings. The van der Waals surface area contributed by atoms with Crippen LogP contribution in [-0.4, -0.2) is 23.1 Å². The largest absolute Gasteiger partial charge is 0.511 e. The Morgan fingerprint density at radius 1 is 1.06 bits per heavy atom. The van der Waals surface area contributed by atoms with Gasteiger partial charge >= 0.3 is 0 Å². The van der Waals surface area contributed by atoms with Crippen LogP contribution >= 0.6 is 0 Å². The van der Waals surface area contributed by atoms with Gasteiger partial charge in [0, 0.05) is 5.92 Å². The van der Waals surface area contributed by atoms with Gasteiger partial charge in [-0.15, -0.1) is 0 Å². The first-order valence-electron chi connectivity index (χ1n) is 11.4. The number of carbonyl (C=O) groups is 1. The van der Waals surface area contributed by atoms with Gasteiger partial charge in [0.05, 0.1) is 29.6 Å². The molecular formula is C27H29FO3. The number of hydrogen-bond donors (Lipinski definition) is 1. The van der Waals surface area contributed by atoms with Gasteiger partial charge in [-0.3, -0.25) is 4.79 Å². The number of aliphatic hydroxyl groups is 1. The molecule has 0 saturated carbocycles. The molecule has 3 aliphatic rings. The van der Waals surface area contributed by atoms with Crippen molar-refractivity contribution in [2.45, 2.75) is 65.1 Å². The first kappa shape index (κ1) is 20.4. The Morgan fingerprint density at radius 2 is 1.74 bits per heavy atom. The third kappa shape index (κ3) is 2.91. The van der Waals surface area contributed by atoms with Crippen molar-refractivity contribution >= 4 is 11.4 Å². The molecule has 2 aromatic carbocycles. The molecule has 0 aromatic heterocycles. The van der Waals surface area contributed by atoms with E-state index in [4.69, 9.17) is 4.74 Å². The first-order valence-corrected chi connectivity index (χ1v) is 11.4. The van der Waals surface area contributed by atoms with Crippen molar-refractivity contribution in [3.8, 4) is 0 Å². The Bertz CT molecular complexity index is 1090. The minimum Gasteiger partial charge on any atom is -0.511 e. The first-order chi connectivity index (χ1) is 14.8. The van der Waals surface area contributed by atoms with Crippen LogP contribution in [0.5, 0.6) is 0 Å². The van der Waals surface area contributed by atoms with E-state index < -0.39 is 0 Å². The van der Waals surface area contributed by atoms with Gasteiger partial charge in [0.1, 0.15) is 11.6 Å². The predicted molar refractivity (Wildman–Crippen MR) is 119 cm³/mol. The zero-order valence-corrected chi connectivity index (χ0v) is 18.5. The fourth-order valence-electron chi connectivity index (χ4n) is 6.09. The minimum atomic E-state index is -0.341. The number of carbonyl (C=O) groups excluding carboxylic acids is 1. The lowest BCUT2D eigenvalue weighted by Gasteiger charge is -2.28. The van der Waals surface area contributed by atoms with Gasteiger partial charge in [0.2, 0.25) is 0 Å². The number of hydrogen-bond acceptors (Lipinski definition) is 3. The van der Waals surface area contributed by atoms with E-state index in [1.807, 2.05) is 6.07 Å². The second-order valence-electron chi connectivity index (χ2n) is 9.33. The lowest BCUT2D eigenvalue weighted by atomic mass is 9.72. The number of halogens is 1. The fourth-order valence-corrected chi connectivity index (χ4v) is 6.09. The molecule has 0 spiro atoms. The van der Waals surface area contributed by atoms with Crippen molar-refractivity contribution in [3.05, 3.63) is 75.3 Å². The van der Waals surface area contributed by atoms with E-state index in [9.17, 15) is 14.3 Å². The van der Waals surface area contributed by atoms with E-state index >= 15 is 0 Å². The average Bonchev–Trinajstić information content (AvgIpc) is 3.41. The van der Waals surface area contributed by atoms with E-state index in [2.05, 4.69) is 32.9 Å². The van der Waals surface area contributed by atoms with Crippen molar-refractivity contribution in [3.63, 3.8) is 0 Å². The Labute approximate surface area is 182 Å². The summed E-state index contributed by atoms with van der Waals surface area (Å²) in [7, 11) is 0. The molecule has 2 saturated heterocycles. The summed E-state index contributed by atoms with van der Waals surface area (Å²) in [5.41, 5.74) is 6.32. The van der Waals surface area contributed by atoms with Gasteiger partial charge in [-0.1, -0.05) is 43.7 Å². The highest BCUT2D eigenvalue weighted by atomic mass is 19.1. The molecule has 2 aromatic rings. The van der Waals surface area contributed by atoms with Crippen LogP contribution in [0.4, 0.5) is 4.39 Å². The number of Topliss-reactive ketones (excluding diaryl/α,β-unsaturated/α-hetero) is 1. The zero-order valence-electron chi connectivity index (χ0n) is 18.5. The molecule has 2 bridgehead atoms. The minimum absolute atomic E-state index is 0.00930. The quantitative estimate of drug-likeness (QED) is 0.700. The second-order valence-corrected chi connectivity index (χ2v) is 9.33. The normalized spacial score (nSPS) is 29.2. The van der Waals surface area contributed by atoms with Crippen LogP contribution in [0.2, 0.25) is 0 Å². The fraction of sp³-hybridized carbons (Fsp3) is 0.444. The van der Waals surface area contributed by atoms with Gasteiger partial charge < -0.3 is 9.84 Å². The summed E-state index contributed by atoms with van der Waals surface area (Å²) in [6.45, 7) is 8.00. The highest BCUT2D eigenvalue weighted by Gasteiger charge is 2.62. The molecule has 0 amide bonds. The van der Waals surface area contributed by atoms with Crippen molar-refractivity contribution in [2.24, 2.45) is 11.8 Å². The van der Waals surface area contributed by atoms with Crippen LogP contribution in [0.15, 0.2) is 36.1 Å². The van der Waals surface area contributed by atoms with Crippen molar-refractivity contribution in [1.29, 1.82) is 0 Å². The maximum Gasteiger partial charge on any atom is 0.173 e. The summed E-state index contributed by atoms with van der Waals surface area (Å²) in [6.07, 6.45) is 1.78. The van der Waals surface area contributed by atoms with E-state index in [0.29, 0.717) is 17.6 Å². The maximum absolute atomic E-state index is 14.2. The average molecular weight is 421 g/mol. The standard InChI is InChI=1S/C27H29FO3/c1-5-15-9-13(3)10-16(6-2)21(15)23-25(29)22-20-12-18(27(31-20)24(22)26(23)30)17-8-7-14(4)19(28)11-17/h7-11,18,20,22,24,27,30H,5-6,12H2,1-4H3/t18-,20-,22-,24+,27+/m0/s1. The van der Waals surface area contributed by atoms with E-state index in [1.165, 1.54) is 5.56 Å². The Morgan fingerprint density at radius 3 is 2.35 bits per heavy atom. The summed E-state index contributed by atoms with van der Waals surface area (Å²) in [5.74, 6) is -0.719. The van der Waals surface area contributed by atoms with Crippen molar-refractivity contribution in [1.82, 2.24) is 0 Å². The molecule has 5 rings (SSSR count). The van der Waals surface area contributed by atoms with E-state index in [-0.39, 0.29) is 47.3 Å². The number of aliphatic hydroxyl groups excluding tert-OH is 1. The molecule has 5 atom stereocenters. The molecular weight excluding hydrogens is 391 g/mol. The van der Waals surface area contributed by atoms with Gasteiger partial charge in [0.15, 0.2) is 5.78 Å². The smallest absolute Gasteiger partial charge is 0.173 e. The highest BCUT2D eigenvalue weighted by molar-refractivity contribution is 6.26. The van der Waals surface area contributed by atoms with Crippen molar-refractivity contribution < 1.29 is 19.0 Å². The van der Waals surface area contributed by atoms with Gasteiger partial charge in [-0.25, -0.2) is 4.39 Å². The van der Waals surface area contributed by atoms with Crippen molar-refractivity contribution in [2.75, 3.05) is 0 Å². The lowest BCUT2D eigenvalue weighted by molar-refractivity contribution is -0.118. The SMILES string of the molecule is CCc1cc(C)cc(CC)c1C1=C(O)[C@@H]2[C@@H]3O[C@@H](C[C@H]3c3ccc(C)c(F)c3)[C@@H]2C1=O. The maximum atomic E-state index is 14.2. The number of rotatable bonds is 4. The number of ether oxygens (including phenoxy) is 1. The monoisotopic (exact) mass is 420 g/mol.